The molecule has 1 N–H and O–H groups in total. The molecule has 2 nitrogen and oxygen atoms in total. The highest BCUT2D eigenvalue weighted by atomic mass is 32.2. The monoisotopic (exact) mass is 195 g/mol. The lowest BCUT2D eigenvalue weighted by Gasteiger charge is -2.16. The van der Waals surface area contributed by atoms with Gasteiger partial charge in [-0.25, -0.2) is 0 Å². The highest BCUT2D eigenvalue weighted by Gasteiger charge is 2.24. The van der Waals surface area contributed by atoms with Gasteiger partial charge in [0.1, 0.15) is 0 Å². The summed E-state index contributed by atoms with van der Waals surface area (Å²) >= 11 is 1.92. The molecule has 0 aliphatic carbocycles. The summed E-state index contributed by atoms with van der Waals surface area (Å²) in [7, 11) is 0. The average Bonchev–Trinajstić information content (AvgIpc) is 2.71. The zero-order valence-corrected chi connectivity index (χ0v) is 8.20. The van der Waals surface area contributed by atoms with Crippen molar-refractivity contribution in [1.29, 1.82) is 0 Å². The molecule has 2 rings (SSSR count). The molecule has 0 bridgehead atoms. The van der Waals surface area contributed by atoms with Crippen LogP contribution in [-0.2, 0) is 0 Å². The first-order valence-corrected chi connectivity index (χ1v) is 5.69. The van der Waals surface area contributed by atoms with Crippen LogP contribution >= 0.6 is 11.8 Å². The van der Waals surface area contributed by atoms with E-state index in [1.165, 1.54) is 5.75 Å². The quantitative estimate of drug-likeness (QED) is 0.782. The van der Waals surface area contributed by atoms with Crippen LogP contribution in [0.1, 0.15) is 18.1 Å². The minimum Gasteiger partial charge on any atom is -0.388 e. The number of hydrogen-bond acceptors (Lipinski definition) is 3. The smallest absolute Gasteiger partial charge is 0.0841 e. The highest BCUT2D eigenvalue weighted by molar-refractivity contribution is 7.99. The number of nitrogens with zero attached hydrogens (tertiary/aromatic N) is 1. The van der Waals surface area contributed by atoms with Crippen molar-refractivity contribution in [3.63, 3.8) is 0 Å². The van der Waals surface area contributed by atoms with Gasteiger partial charge in [-0.05, 0) is 35.5 Å². The Labute approximate surface area is 82.4 Å². The molecule has 1 aliphatic heterocycles. The van der Waals surface area contributed by atoms with Crippen LogP contribution in [0.3, 0.4) is 0 Å². The van der Waals surface area contributed by atoms with Gasteiger partial charge in [-0.2, -0.15) is 11.8 Å². The number of pyridine rings is 1. The summed E-state index contributed by atoms with van der Waals surface area (Å²) in [6.45, 7) is 0. The van der Waals surface area contributed by atoms with Crippen LogP contribution in [0.25, 0.3) is 0 Å². The molecule has 1 fully saturated rings. The normalized spacial score (nSPS) is 24.5. The van der Waals surface area contributed by atoms with Crippen LogP contribution in [0, 0.1) is 5.92 Å². The van der Waals surface area contributed by atoms with Crippen LogP contribution < -0.4 is 0 Å². The Hall–Kier alpha value is -0.540. The lowest BCUT2D eigenvalue weighted by Crippen LogP contribution is -2.11. The molecule has 1 aromatic heterocycles. The average molecular weight is 195 g/mol. The Balaban J connectivity index is 2.08. The fraction of sp³-hybridized carbons (Fsp3) is 0.500. The van der Waals surface area contributed by atoms with E-state index in [-0.39, 0.29) is 6.10 Å². The third kappa shape index (κ3) is 2.03. The summed E-state index contributed by atoms with van der Waals surface area (Å²) in [6.07, 6.45) is 4.30. The molecule has 0 saturated carbocycles. The van der Waals surface area contributed by atoms with E-state index in [4.69, 9.17) is 0 Å². The van der Waals surface area contributed by atoms with Crippen molar-refractivity contribution >= 4 is 11.8 Å². The van der Waals surface area contributed by atoms with Crippen molar-refractivity contribution in [2.75, 3.05) is 11.5 Å². The summed E-state index contributed by atoms with van der Waals surface area (Å²) < 4.78 is 0. The van der Waals surface area contributed by atoms with Crippen molar-refractivity contribution in [3.8, 4) is 0 Å². The fourth-order valence-corrected chi connectivity index (χ4v) is 2.91. The third-order valence-electron chi connectivity index (χ3n) is 2.44. The topological polar surface area (TPSA) is 33.1 Å². The highest BCUT2D eigenvalue weighted by Crippen LogP contribution is 2.33. The predicted molar refractivity (Wildman–Crippen MR) is 54.6 cm³/mol. The van der Waals surface area contributed by atoms with Gasteiger partial charge in [0, 0.05) is 12.4 Å². The fourth-order valence-electron chi connectivity index (χ4n) is 1.62. The Morgan fingerprint density at radius 3 is 3.15 bits per heavy atom. The Morgan fingerprint density at radius 1 is 1.62 bits per heavy atom. The van der Waals surface area contributed by atoms with Crippen LogP contribution in [-0.4, -0.2) is 21.6 Å². The van der Waals surface area contributed by atoms with Gasteiger partial charge in [0.2, 0.25) is 0 Å². The molecule has 0 aromatic carbocycles. The second kappa shape index (κ2) is 4.11. The van der Waals surface area contributed by atoms with Crippen LogP contribution in [0.4, 0.5) is 0 Å². The van der Waals surface area contributed by atoms with Gasteiger partial charge in [-0.3, -0.25) is 4.98 Å². The molecule has 2 heterocycles. The van der Waals surface area contributed by atoms with E-state index in [1.807, 2.05) is 23.9 Å². The van der Waals surface area contributed by atoms with Gasteiger partial charge in [0.25, 0.3) is 0 Å². The first kappa shape index (κ1) is 9.03. The van der Waals surface area contributed by atoms with Gasteiger partial charge in [-0.1, -0.05) is 6.07 Å². The molecule has 1 aliphatic rings. The summed E-state index contributed by atoms with van der Waals surface area (Å²) in [6, 6.07) is 3.82. The van der Waals surface area contributed by atoms with Crippen LogP contribution in [0.2, 0.25) is 0 Å². The maximum atomic E-state index is 9.97. The van der Waals surface area contributed by atoms with Crippen molar-refractivity contribution in [2.45, 2.75) is 12.5 Å². The minimum absolute atomic E-state index is 0.316. The molecule has 70 valence electrons. The number of thioether (sulfide) groups is 1. The molecule has 1 aromatic rings. The molecule has 2 atom stereocenters. The molecule has 0 amide bonds. The van der Waals surface area contributed by atoms with Gasteiger partial charge in [0.15, 0.2) is 0 Å². The van der Waals surface area contributed by atoms with Crippen LogP contribution in [0.5, 0.6) is 0 Å². The summed E-state index contributed by atoms with van der Waals surface area (Å²) in [5.41, 5.74) is 0.954. The van der Waals surface area contributed by atoms with E-state index >= 15 is 0 Å². The Morgan fingerprint density at radius 2 is 2.54 bits per heavy atom. The number of rotatable bonds is 2. The van der Waals surface area contributed by atoms with Crippen molar-refractivity contribution < 1.29 is 5.11 Å². The number of aliphatic hydroxyl groups is 1. The van der Waals surface area contributed by atoms with Crippen molar-refractivity contribution in [2.24, 2.45) is 5.92 Å². The first-order chi connectivity index (χ1) is 6.38. The van der Waals surface area contributed by atoms with E-state index < -0.39 is 0 Å². The van der Waals surface area contributed by atoms with Crippen molar-refractivity contribution in [3.05, 3.63) is 30.1 Å². The molecule has 1 saturated heterocycles. The first-order valence-electron chi connectivity index (χ1n) is 4.53. The van der Waals surface area contributed by atoms with Gasteiger partial charge in [0.05, 0.1) is 6.10 Å². The lowest BCUT2D eigenvalue weighted by atomic mass is 9.97. The number of aliphatic hydroxyl groups excluding tert-OH is 1. The molecule has 2 unspecified atom stereocenters. The summed E-state index contributed by atoms with van der Waals surface area (Å²) in [4.78, 5) is 4.01. The lowest BCUT2D eigenvalue weighted by molar-refractivity contribution is 0.121. The van der Waals surface area contributed by atoms with Crippen molar-refractivity contribution in [1.82, 2.24) is 4.98 Å². The maximum absolute atomic E-state index is 9.97. The number of hydrogen-bond donors (Lipinski definition) is 1. The van der Waals surface area contributed by atoms with Gasteiger partial charge < -0.3 is 5.11 Å². The van der Waals surface area contributed by atoms with E-state index in [0.29, 0.717) is 5.92 Å². The molecule has 0 spiro atoms. The summed E-state index contributed by atoms with van der Waals surface area (Å²) in [5.74, 6) is 2.69. The summed E-state index contributed by atoms with van der Waals surface area (Å²) in [5, 5.41) is 9.97. The molecule has 13 heavy (non-hydrogen) atoms. The van der Waals surface area contributed by atoms with Gasteiger partial charge in [-0.15, -0.1) is 0 Å². The Kier molecular flexibility index (Phi) is 2.86. The standard InChI is InChI=1S/C10H13NOS/c12-10(9-3-5-13-7-9)8-2-1-4-11-6-8/h1-2,4,6,9-10,12H,3,5,7H2. The van der Waals surface area contributed by atoms with E-state index in [2.05, 4.69) is 4.98 Å². The Bertz CT molecular complexity index is 259. The molecular weight excluding hydrogens is 182 g/mol. The van der Waals surface area contributed by atoms with E-state index in [0.717, 1.165) is 17.7 Å². The SMILES string of the molecule is OC(c1cccnc1)C1CCSC1. The second-order valence-electron chi connectivity index (χ2n) is 3.35. The maximum Gasteiger partial charge on any atom is 0.0841 e. The second-order valence-corrected chi connectivity index (χ2v) is 4.50. The minimum atomic E-state index is -0.316. The molecule has 0 radical (unpaired) electrons. The zero-order chi connectivity index (χ0) is 9.10. The molecule has 3 heteroatoms. The van der Waals surface area contributed by atoms with Crippen LogP contribution in [0.15, 0.2) is 24.5 Å². The number of aromatic nitrogens is 1. The third-order valence-corrected chi connectivity index (χ3v) is 3.63. The molecular formula is C10H13NOS. The largest absolute Gasteiger partial charge is 0.388 e. The van der Waals surface area contributed by atoms with Gasteiger partial charge >= 0.3 is 0 Å². The van der Waals surface area contributed by atoms with E-state index in [9.17, 15) is 5.11 Å². The predicted octanol–water partition coefficient (Wildman–Crippen LogP) is 1.87. The van der Waals surface area contributed by atoms with E-state index in [1.54, 1.807) is 12.4 Å². The zero-order valence-electron chi connectivity index (χ0n) is 7.39.